The van der Waals surface area contributed by atoms with Crippen molar-refractivity contribution < 1.29 is 34.4 Å². The van der Waals surface area contributed by atoms with E-state index in [2.05, 4.69) is 26.1 Å². The predicted octanol–water partition coefficient (Wildman–Crippen LogP) is 3.28. The minimum atomic E-state index is -1.46. The Morgan fingerprint density at radius 3 is 2.46 bits per heavy atom. The minimum absolute atomic E-state index is 0.0710. The normalized spacial score (nSPS) is 29.6. The Kier molecular flexibility index (Phi) is 8.22. The molecule has 3 aliphatic rings. The van der Waals surface area contributed by atoms with E-state index in [1.165, 1.54) is 18.2 Å². The van der Waals surface area contributed by atoms with Crippen LogP contribution in [0.4, 0.5) is 0 Å². The van der Waals surface area contributed by atoms with E-state index in [-0.39, 0.29) is 52.6 Å². The van der Waals surface area contributed by atoms with Gasteiger partial charge in [-0.3, -0.25) is 9.59 Å². The van der Waals surface area contributed by atoms with Crippen molar-refractivity contribution in [3.63, 3.8) is 0 Å². The summed E-state index contributed by atoms with van der Waals surface area (Å²) in [5.41, 5.74) is 0.493. The Bertz CT molecular complexity index is 1100. The number of aliphatic hydroxyl groups is 1. The maximum absolute atomic E-state index is 13.8. The van der Waals surface area contributed by atoms with Gasteiger partial charge in [0.25, 0.3) is 0 Å². The second-order valence-electron chi connectivity index (χ2n) is 12.6. The Morgan fingerprint density at radius 2 is 1.87 bits per heavy atom. The van der Waals surface area contributed by atoms with Crippen LogP contribution in [0.3, 0.4) is 0 Å². The molecular formula is C30H44N2O7. The number of nitrogens with zero attached hydrogens (tertiary/aromatic N) is 1. The zero-order valence-electron chi connectivity index (χ0n) is 23.8. The molecular weight excluding hydrogens is 500 g/mol. The quantitative estimate of drug-likeness (QED) is 0.277. The molecule has 1 heterocycles. The van der Waals surface area contributed by atoms with Crippen LogP contribution in [0.15, 0.2) is 18.2 Å². The highest BCUT2D eigenvalue weighted by atomic mass is 16.5. The minimum Gasteiger partial charge on any atom is -0.504 e. The largest absolute Gasteiger partial charge is 0.504 e. The number of likely N-dealkylation sites (tertiary alicyclic amines) is 1. The lowest BCUT2D eigenvalue weighted by atomic mass is 9.70. The molecule has 9 nitrogen and oxygen atoms in total. The van der Waals surface area contributed by atoms with Crippen molar-refractivity contribution in [2.45, 2.75) is 104 Å². The molecule has 0 radical (unpaired) electrons. The fraction of sp³-hybridized carbons (Fsp3) is 0.700. The highest BCUT2D eigenvalue weighted by Crippen LogP contribution is 2.66. The Labute approximate surface area is 230 Å². The molecule has 7 unspecified atom stereocenters. The van der Waals surface area contributed by atoms with Crippen LogP contribution in [-0.4, -0.2) is 68.8 Å². The zero-order chi connectivity index (χ0) is 28.7. The number of benzene rings is 1. The van der Waals surface area contributed by atoms with E-state index in [1.54, 1.807) is 4.90 Å². The summed E-state index contributed by atoms with van der Waals surface area (Å²) >= 11 is 0. The standard InChI is InChI=1S/C30H44N2O7/c1-6-17(2)25(31-26(36)23(35)15-18-9-10-21(33)22(34)14-18)27(37)32-13-7-8-20(32)28(38)39-24-16-19-11-12-30(24,5)29(19,3)4/h9-10,14,17,19-20,23-25,33-35H,6-8,11-13,15-16H2,1-5H3,(H,31,36). The van der Waals surface area contributed by atoms with Gasteiger partial charge in [0.2, 0.25) is 11.8 Å². The van der Waals surface area contributed by atoms with Crippen molar-refractivity contribution in [2.24, 2.45) is 22.7 Å². The smallest absolute Gasteiger partial charge is 0.329 e. The van der Waals surface area contributed by atoms with Crippen molar-refractivity contribution in [1.82, 2.24) is 10.2 Å². The van der Waals surface area contributed by atoms with Crippen LogP contribution >= 0.6 is 0 Å². The zero-order valence-corrected chi connectivity index (χ0v) is 23.8. The van der Waals surface area contributed by atoms with Gasteiger partial charge in [0.1, 0.15) is 24.3 Å². The number of aliphatic hydroxyl groups excluding tert-OH is 1. The Hall–Kier alpha value is -2.81. The number of esters is 1. The third-order valence-corrected chi connectivity index (χ3v) is 10.3. The molecule has 0 spiro atoms. The molecule has 2 bridgehead atoms. The third kappa shape index (κ3) is 5.34. The molecule has 3 fully saturated rings. The lowest BCUT2D eigenvalue weighted by Crippen LogP contribution is -2.56. The van der Waals surface area contributed by atoms with E-state index >= 15 is 0 Å². The van der Waals surface area contributed by atoms with Crippen molar-refractivity contribution in [2.75, 3.05) is 6.54 Å². The first-order valence-electron chi connectivity index (χ1n) is 14.3. The van der Waals surface area contributed by atoms with Crippen LogP contribution in [0.25, 0.3) is 0 Å². The Balaban J connectivity index is 1.42. The maximum atomic E-state index is 13.8. The molecule has 1 saturated heterocycles. The average Bonchev–Trinajstić information content (AvgIpc) is 3.52. The SMILES string of the molecule is CCC(C)C(NC(=O)C(O)Cc1ccc(O)c(O)c1)C(=O)N1CCCC1C(=O)OC1CC2CCC1(C)C2(C)C. The molecule has 2 amide bonds. The van der Waals surface area contributed by atoms with E-state index in [0.717, 1.165) is 19.3 Å². The highest BCUT2D eigenvalue weighted by Gasteiger charge is 2.63. The number of rotatable bonds is 9. The molecule has 9 heteroatoms. The second kappa shape index (κ2) is 11.0. The lowest BCUT2D eigenvalue weighted by Gasteiger charge is -2.39. The maximum Gasteiger partial charge on any atom is 0.329 e. The number of nitrogens with one attached hydrogen (secondary N) is 1. The van der Waals surface area contributed by atoms with Gasteiger partial charge < -0.3 is 30.3 Å². The van der Waals surface area contributed by atoms with Gasteiger partial charge in [0.15, 0.2) is 11.5 Å². The molecule has 7 atom stereocenters. The molecule has 1 aromatic carbocycles. The Morgan fingerprint density at radius 1 is 1.15 bits per heavy atom. The number of hydrogen-bond donors (Lipinski definition) is 4. The fourth-order valence-electron chi connectivity index (χ4n) is 6.93. The summed E-state index contributed by atoms with van der Waals surface area (Å²) in [6.07, 6.45) is 3.13. The summed E-state index contributed by atoms with van der Waals surface area (Å²) in [5, 5.41) is 32.5. The van der Waals surface area contributed by atoms with Crippen LogP contribution in [0, 0.1) is 22.7 Å². The molecule has 2 saturated carbocycles. The molecule has 0 aromatic heterocycles. The van der Waals surface area contributed by atoms with Gasteiger partial charge in [0, 0.05) is 18.4 Å². The third-order valence-electron chi connectivity index (χ3n) is 10.3. The van der Waals surface area contributed by atoms with Crippen LogP contribution in [0.2, 0.25) is 0 Å². The van der Waals surface area contributed by atoms with Gasteiger partial charge in [-0.05, 0) is 67.1 Å². The number of carbonyl (C=O) groups is 3. The van der Waals surface area contributed by atoms with E-state index in [1.807, 2.05) is 13.8 Å². The first-order valence-corrected chi connectivity index (χ1v) is 14.3. The number of aromatic hydroxyl groups is 2. The number of ether oxygens (including phenoxy) is 1. The number of fused-ring (bicyclic) bond motifs is 2. The molecule has 39 heavy (non-hydrogen) atoms. The second-order valence-corrected chi connectivity index (χ2v) is 12.6. The summed E-state index contributed by atoms with van der Waals surface area (Å²) < 4.78 is 6.12. The first kappa shape index (κ1) is 29.2. The van der Waals surface area contributed by atoms with Crippen LogP contribution < -0.4 is 5.32 Å². The summed E-state index contributed by atoms with van der Waals surface area (Å²) in [7, 11) is 0. The summed E-state index contributed by atoms with van der Waals surface area (Å²) in [6, 6.07) is 2.47. The van der Waals surface area contributed by atoms with Gasteiger partial charge in [0.05, 0.1) is 0 Å². The van der Waals surface area contributed by atoms with Gasteiger partial charge in [-0.1, -0.05) is 47.1 Å². The number of amides is 2. The van der Waals surface area contributed by atoms with Crippen LogP contribution in [0.5, 0.6) is 11.5 Å². The van der Waals surface area contributed by atoms with E-state index in [0.29, 0.717) is 37.3 Å². The number of hydrogen-bond acceptors (Lipinski definition) is 7. The highest BCUT2D eigenvalue weighted by molar-refractivity contribution is 5.92. The lowest BCUT2D eigenvalue weighted by molar-refractivity contribution is -0.165. The number of carbonyl (C=O) groups excluding carboxylic acids is 3. The van der Waals surface area contributed by atoms with Crippen molar-refractivity contribution in [1.29, 1.82) is 0 Å². The molecule has 4 rings (SSSR count). The van der Waals surface area contributed by atoms with Gasteiger partial charge >= 0.3 is 5.97 Å². The summed E-state index contributed by atoms with van der Waals surface area (Å²) in [4.78, 5) is 41.6. The summed E-state index contributed by atoms with van der Waals surface area (Å²) in [6.45, 7) is 10.9. The fourth-order valence-corrected chi connectivity index (χ4v) is 6.93. The average molecular weight is 545 g/mol. The van der Waals surface area contributed by atoms with Gasteiger partial charge in [-0.25, -0.2) is 4.79 Å². The molecule has 4 N–H and O–H groups in total. The van der Waals surface area contributed by atoms with Crippen molar-refractivity contribution >= 4 is 17.8 Å². The van der Waals surface area contributed by atoms with Gasteiger partial charge in [-0.15, -0.1) is 0 Å². The molecule has 2 aliphatic carbocycles. The first-order chi connectivity index (χ1) is 18.3. The van der Waals surface area contributed by atoms with Crippen molar-refractivity contribution in [3.05, 3.63) is 23.8 Å². The van der Waals surface area contributed by atoms with E-state index in [4.69, 9.17) is 4.74 Å². The molecule has 1 aromatic rings. The summed E-state index contributed by atoms with van der Waals surface area (Å²) in [5.74, 6) is -1.75. The molecule has 1 aliphatic heterocycles. The van der Waals surface area contributed by atoms with E-state index in [9.17, 15) is 29.7 Å². The number of phenolic OH excluding ortho intramolecular Hbond substituents is 2. The predicted molar refractivity (Wildman–Crippen MR) is 145 cm³/mol. The molecule has 216 valence electrons. The van der Waals surface area contributed by atoms with Crippen molar-refractivity contribution in [3.8, 4) is 11.5 Å². The topological polar surface area (TPSA) is 136 Å². The van der Waals surface area contributed by atoms with Crippen LogP contribution in [-0.2, 0) is 25.5 Å². The number of phenols is 2. The van der Waals surface area contributed by atoms with Crippen LogP contribution in [0.1, 0.15) is 78.7 Å². The van der Waals surface area contributed by atoms with Gasteiger partial charge in [-0.2, -0.15) is 0 Å². The van der Waals surface area contributed by atoms with E-state index < -0.39 is 24.1 Å². The monoisotopic (exact) mass is 544 g/mol.